The molecule has 6 nitrogen and oxygen atoms in total. The predicted molar refractivity (Wildman–Crippen MR) is 130 cm³/mol. The molecule has 0 aliphatic rings. The number of hydrazone groups is 1. The van der Waals surface area contributed by atoms with Gasteiger partial charge < -0.3 is 4.74 Å². The van der Waals surface area contributed by atoms with E-state index in [0.717, 1.165) is 28.9 Å². The van der Waals surface area contributed by atoms with Gasteiger partial charge in [0.05, 0.1) is 11.9 Å². The van der Waals surface area contributed by atoms with Crippen molar-refractivity contribution in [3.63, 3.8) is 0 Å². The van der Waals surface area contributed by atoms with E-state index in [1.165, 1.54) is 11.1 Å². The van der Waals surface area contributed by atoms with Gasteiger partial charge in [0.2, 0.25) is 0 Å². The lowest BCUT2D eigenvalue weighted by Gasteiger charge is -2.07. The van der Waals surface area contributed by atoms with Crippen molar-refractivity contribution in [1.82, 2.24) is 15.6 Å². The minimum atomic E-state index is -0.353. The minimum absolute atomic E-state index is 0.336. The van der Waals surface area contributed by atoms with Gasteiger partial charge in [-0.25, -0.2) is 5.43 Å². The average Bonchev–Trinajstić information content (AvgIpc) is 3.35. The highest BCUT2D eigenvalue weighted by Crippen LogP contribution is 2.22. The van der Waals surface area contributed by atoms with Gasteiger partial charge in [0, 0.05) is 5.56 Å². The molecule has 0 fully saturated rings. The number of aromatic nitrogens is 2. The molecule has 0 bridgehead atoms. The zero-order valence-electron chi connectivity index (χ0n) is 18.7. The first-order valence-corrected chi connectivity index (χ1v) is 10.9. The molecule has 1 heterocycles. The fourth-order valence-electron chi connectivity index (χ4n) is 3.22. The lowest BCUT2D eigenvalue weighted by atomic mass is 10.1. The van der Waals surface area contributed by atoms with E-state index in [2.05, 4.69) is 58.8 Å². The van der Waals surface area contributed by atoms with Crippen molar-refractivity contribution >= 4 is 12.1 Å². The largest absolute Gasteiger partial charge is 0.489 e. The van der Waals surface area contributed by atoms with Gasteiger partial charge >= 0.3 is 0 Å². The van der Waals surface area contributed by atoms with Gasteiger partial charge in [0.25, 0.3) is 5.91 Å². The summed E-state index contributed by atoms with van der Waals surface area (Å²) in [7, 11) is 0. The van der Waals surface area contributed by atoms with Crippen LogP contribution in [-0.2, 0) is 13.0 Å². The molecule has 33 heavy (non-hydrogen) atoms. The summed E-state index contributed by atoms with van der Waals surface area (Å²) < 4.78 is 5.85. The summed E-state index contributed by atoms with van der Waals surface area (Å²) in [4.78, 5) is 12.4. The second kappa shape index (κ2) is 10.4. The summed E-state index contributed by atoms with van der Waals surface area (Å²) in [6, 6.07) is 25.6. The molecule has 6 heteroatoms. The molecule has 0 saturated heterocycles. The van der Waals surface area contributed by atoms with Gasteiger partial charge in [0.15, 0.2) is 0 Å². The first-order chi connectivity index (χ1) is 16.1. The quantitative estimate of drug-likeness (QED) is 0.290. The highest BCUT2D eigenvalue weighted by molar-refractivity contribution is 5.94. The molecule has 4 rings (SSSR count). The van der Waals surface area contributed by atoms with E-state index in [9.17, 15) is 4.79 Å². The van der Waals surface area contributed by atoms with Gasteiger partial charge in [0.1, 0.15) is 18.1 Å². The number of aryl methyl sites for hydroxylation is 2. The molecule has 0 aliphatic heterocycles. The normalized spacial score (nSPS) is 11.0. The number of nitrogens with one attached hydrogen (secondary N) is 2. The Morgan fingerprint density at radius 3 is 2.39 bits per heavy atom. The third-order valence-corrected chi connectivity index (χ3v) is 5.27. The van der Waals surface area contributed by atoms with Crippen LogP contribution in [0.15, 0.2) is 84.0 Å². The number of H-pyrrole nitrogens is 1. The number of benzene rings is 3. The number of carbonyl (C=O) groups is 1. The van der Waals surface area contributed by atoms with E-state index in [-0.39, 0.29) is 5.91 Å². The monoisotopic (exact) mass is 438 g/mol. The van der Waals surface area contributed by atoms with Crippen LogP contribution >= 0.6 is 0 Å². The molecule has 0 saturated carbocycles. The van der Waals surface area contributed by atoms with Gasteiger partial charge in [-0.2, -0.15) is 10.2 Å². The van der Waals surface area contributed by atoms with E-state index in [4.69, 9.17) is 4.74 Å². The summed E-state index contributed by atoms with van der Waals surface area (Å²) >= 11 is 0. The fraction of sp³-hybridized carbons (Fsp3) is 0.148. The molecule has 0 atom stereocenters. The zero-order chi connectivity index (χ0) is 23.0. The van der Waals surface area contributed by atoms with Crippen LogP contribution in [0.3, 0.4) is 0 Å². The molecule has 166 valence electrons. The Hall–Kier alpha value is -4.19. The Balaban J connectivity index is 1.32. The van der Waals surface area contributed by atoms with Gasteiger partial charge in [-0.3, -0.25) is 9.89 Å². The Bertz CT molecular complexity index is 1220. The predicted octanol–water partition coefficient (Wildman–Crippen LogP) is 5.29. The molecule has 2 N–H and O–H groups in total. The van der Waals surface area contributed by atoms with Crippen molar-refractivity contribution < 1.29 is 9.53 Å². The number of amides is 1. The standard InChI is InChI=1S/C27H26N4O2/c1-3-20-8-10-21(11-9-20)17-28-31-27(32)26-16-25(29-30-26)23-12-14-24(15-13-23)33-18-22-6-4-19(2)5-7-22/h4-17H,3,18H2,1-2H3,(H,29,30)(H,31,32). The van der Waals surface area contributed by atoms with Crippen LogP contribution in [0, 0.1) is 6.92 Å². The molecule has 4 aromatic rings. The van der Waals surface area contributed by atoms with Gasteiger partial charge in [-0.05, 0) is 60.4 Å². The number of ether oxygens (including phenoxy) is 1. The Morgan fingerprint density at radius 1 is 1.00 bits per heavy atom. The summed E-state index contributed by atoms with van der Waals surface area (Å²) in [5, 5.41) is 11.0. The Morgan fingerprint density at radius 2 is 1.70 bits per heavy atom. The van der Waals surface area contributed by atoms with Crippen molar-refractivity contribution in [3.8, 4) is 17.0 Å². The summed E-state index contributed by atoms with van der Waals surface area (Å²) in [6.07, 6.45) is 2.60. The molecular weight excluding hydrogens is 412 g/mol. The second-order valence-electron chi connectivity index (χ2n) is 7.76. The fourth-order valence-corrected chi connectivity index (χ4v) is 3.22. The van der Waals surface area contributed by atoms with Crippen LogP contribution < -0.4 is 10.2 Å². The molecule has 0 unspecified atom stereocenters. The molecule has 0 spiro atoms. The molecule has 1 aromatic heterocycles. The van der Waals surface area contributed by atoms with Crippen molar-refractivity contribution in [2.45, 2.75) is 26.9 Å². The topological polar surface area (TPSA) is 79.4 Å². The molecule has 1 amide bonds. The van der Waals surface area contributed by atoms with Crippen molar-refractivity contribution in [1.29, 1.82) is 0 Å². The summed E-state index contributed by atoms with van der Waals surface area (Å²) in [5.74, 6) is 0.419. The van der Waals surface area contributed by atoms with Crippen LogP contribution in [0.5, 0.6) is 5.75 Å². The highest BCUT2D eigenvalue weighted by Gasteiger charge is 2.10. The van der Waals surface area contributed by atoms with Crippen molar-refractivity contribution in [2.75, 3.05) is 0 Å². The van der Waals surface area contributed by atoms with E-state index in [0.29, 0.717) is 18.0 Å². The maximum absolute atomic E-state index is 12.4. The van der Waals surface area contributed by atoms with Crippen LogP contribution in [0.4, 0.5) is 0 Å². The number of aromatic amines is 1. The second-order valence-corrected chi connectivity index (χ2v) is 7.76. The minimum Gasteiger partial charge on any atom is -0.489 e. The maximum Gasteiger partial charge on any atom is 0.289 e. The van der Waals surface area contributed by atoms with Crippen molar-refractivity contribution in [2.24, 2.45) is 5.10 Å². The van der Waals surface area contributed by atoms with Crippen LogP contribution in [0.25, 0.3) is 11.3 Å². The average molecular weight is 439 g/mol. The first-order valence-electron chi connectivity index (χ1n) is 10.9. The summed E-state index contributed by atoms with van der Waals surface area (Å²) in [5.41, 5.74) is 8.93. The van der Waals surface area contributed by atoms with E-state index < -0.39 is 0 Å². The number of nitrogens with zero attached hydrogens (tertiary/aromatic N) is 2. The number of carbonyl (C=O) groups excluding carboxylic acids is 1. The van der Waals surface area contributed by atoms with Crippen LogP contribution in [0.2, 0.25) is 0 Å². The van der Waals surface area contributed by atoms with Gasteiger partial charge in [-0.1, -0.05) is 61.0 Å². The lowest BCUT2D eigenvalue weighted by molar-refractivity contribution is 0.0950. The maximum atomic E-state index is 12.4. The van der Waals surface area contributed by atoms with Crippen LogP contribution in [0.1, 0.15) is 39.7 Å². The lowest BCUT2D eigenvalue weighted by Crippen LogP contribution is -2.17. The first kappa shape index (κ1) is 22.0. The SMILES string of the molecule is CCc1ccc(C=NNC(=O)c2cc(-c3ccc(OCc4ccc(C)cc4)cc3)n[nH]2)cc1. The molecule has 0 aliphatic carbocycles. The third kappa shape index (κ3) is 5.95. The molecule has 0 radical (unpaired) electrons. The summed E-state index contributed by atoms with van der Waals surface area (Å²) in [6.45, 7) is 4.68. The van der Waals surface area contributed by atoms with E-state index >= 15 is 0 Å². The van der Waals surface area contributed by atoms with Crippen LogP contribution in [-0.4, -0.2) is 22.3 Å². The number of hydrogen-bond donors (Lipinski definition) is 2. The molecule has 3 aromatic carbocycles. The van der Waals surface area contributed by atoms with E-state index in [1.807, 2.05) is 48.5 Å². The Labute approximate surface area is 193 Å². The van der Waals surface area contributed by atoms with Gasteiger partial charge in [-0.15, -0.1) is 0 Å². The smallest absolute Gasteiger partial charge is 0.289 e. The molecular formula is C27H26N4O2. The highest BCUT2D eigenvalue weighted by atomic mass is 16.5. The zero-order valence-corrected chi connectivity index (χ0v) is 18.7. The van der Waals surface area contributed by atoms with E-state index in [1.54, 1.807) is 12.3 Å². The number of hydrogen-bond acceptors (Lipinski definition) is 4. The Kier molecular flexibility index (Phi) is 6.95. The van der Waals surface area contributed by atoms with Crippen molar-refractivity contribution in [3.05, 3.63) is 107 Å². The number of rotatable bonds is 8. The third-order valence-electron chi connectivity index (χ3n) is 5.27.